The van der Waals surface area contributed by atoms with Gasteiger partial charge in [-0.25, -0.2) is 4.79 Å². The Balaban J connectivity index is 1.88. The van der Waals surface area contributed by atoms with Crippen molar-refractivity contribution in [3.8, 4) is 5.75 Å². The fourth-order valence-corrected chi connectivity index (χ4v) is 4.09. The average molecular weight is 323 g/mol. The van der Waals surface area contributed by atoms with Gasteiger partial charge in [0.05, 0.1) is 16.3 Å². The van der Waals surface area contributed by atoms with Crippen molar-refractivity contribution in [3.63, 3.8) is 0 Å². The van der Waals surface area contributed by atoms with Gasteiger partial charge in [-0.05, 0) is 31.2 Å². The van der Waals surface area contributed by atoms with E-state index in [0.717, 1.165) is 10.6 Å². The van der Waals surface area contributed by atoms with Crippen LogP contribution in [-0.2, 0) is 4.79 Å². The summed E-state index contributed by atoms with van der Waals surface area (Å²) in [4.78, 5) is 28.3. The molecule has 2 aromatic rings. The molecule has 0 saturated heterocycles. The number of Topliss-reactive ketones (excluding diaryl/α,β-unsaturated/α-hetero) is 1. The number of fused-ring (bicyclic) bond motifs is 2. The van der Waals surface area contributed by atoms with E-state index in [1.165, 1.54) is 11.8 Å². The minimum atomic E-state index is -0.581. The lowest BCUT2D eigenvalue weighted by molar-refractivity contribution is -0.130. The molecule has 2 aromatic carbocycles. The van der Waals surface area contributed by atoms with Crippen molar-refractivity contribution in [2.24, 2.45) is 0 Å². The number of carbonyl (C=O) groups excluding carboxylic acids is 2. The minimum absolute atomic E-state index is 0.117. The Bertz CT molecular complexity index is 872. The number of hydrogen-bond acceptors (Lipinski definition) is 5. The Hall–Kier alpha value is -2.53. The first-order valence-electron chi connectivity index (χ1n) is 7.35. The molecule has 0 saturated carbocycles. The third kappa shape index (κ3) is 2.08. The normalized spacial score (nSPS) is 19.4. The Morgan fingerprint density at radius 1 is 1.04 bits per heavy atom. The van der Waals surface area contributed by atoms with Gasteiger partial charge in [-0.2, -0.15) is 0 Å². The third-order valence-electron chi connectivity index (χ3n) is 3.90. The summed E-state index contributed by atoms with van der Waals surface area (Å²) in [5, 5.41) is 0.651. The highest BCUT2D eigenvalue weighted by molar-refractivity contribution is 8.03. The third-order valence-corrected chi connectivity index (χ3v) is 5.09. The van der Waals surface area contributed by atoms with Crippen LogP contribution in [0.1, 0.15) is 17.3 Å². The zero-order valence-electron chi connectivity index (χ0n) is 12.4. The molecule has 0 spiro atoms. The Kier molecular flexibility index (Phi) is 3.23. The molecule has 0 amide bonds. The number of thioether (sulfide) groups is 1. The standard InChI is InChI=1S/C18H13NO3S/c1-2-19-12-8-4-6-10-14(12)23-17(19)15-16(20)11-7-3-5-9-13(11)22-18(15)21/h3-10H,2H2,1H3/b17-15-. The van der Waals surface area contributed by atoms with Crippen LogP contribution in [-0.4, -0.2) is 18.3 Å². The Morgan fingerprint density at radius 2 is 1.78 bits per heavy atom. The van der Waals surface area contributed by atoms with Crippen molar-refractivity contribution in [2.75, 3.05) is 11.4 Å². The predicted octanol–water partition coefficient (Wildman–Crippen LogP) is 3.63. The van der Waals surface area contributed by atoms with Gasteiger partial charge in [0.1, 0.15) is 11.3 Å². The largest absolute Gasteiger partial charge is 0.422 e. The maximum absolute atomic E-state index is 12.8. The van der Waals surface area contributed by atoms with Crippen LogP contribution in [0.15, 0.2) is 64.0 Å². The van der Waals surface area contributed by atoms with E-state index in [1.54, 1.807) is 24.3 Å². The zero-order chi connectivity index (χ0) is 16.0. The van der Waals surface area contributed by atoms with Crippen molar-refractivity contribution in [1.29, 1.82) is 0 Å². The minimum Gasteiger partial charge on any atom is -0.422 e. The first kappa shape index (κ1) is 14.1. The van der Waals surface area contributed by atoms with Crippen LogP contribution in [0.3, 0.4) is 0 Å². The van der Waals surface area contributed by atoms with Gasteiger partial charge in [0.2, 0.25) is 5.78 Å². The van der Waals surface area contributed by atoms with Gasteiger partial charge in [0, 0.05) is 11.4 Å². The molecule has 2 aliphatic rings. The lowest BCUT2D eigenvalue weighted by atomic mass is 10.0. The summed E-state index contributed by atoms with van der Waals surface area (Å²) in [6.45, 7) is 2.67. The highest BCUT2D eigenvalue weighted by Crippen LogP contribution is 2.48. The Morgan fingerprint density at radius 3 is 2.61 bits per heavy atom. The fourth-order valence-electron chi connectivity index (χ4n) is 2.84. The molecular weight excluding hydrogens is 310 g/mol. The molecule has 4 rings (SSSR count). The molecule has 0 unspecified atom stereocenters. The molecule has 2 aliphatic heterocycles. The van der Waals surface area contributed by atoms with E-state index in [2.05, 4.69) is 0 Å². The summed E-state index contributed by atoms with van der Waals surface area (Å²) in [6.07, 6.45) is 0. The molecule has 2 heterocycles. The molecule has 0 radical (unpaired) electrons. The number of benzene rings is 2. The molecule has 0 aromatic heterocycles. The van der Waals surface area contributed by atoms with Crippen molar-refractivity contribution in [2.45, 2.75) is 11.8 Å². The summed E-state index contributed by atoms with van der Waals surface area (Å²) in [7, 11) is 0. The number of carbonyl (C=O) groups is 2. The van der Waals surface area contributed by atoms with Gasteiger partial charge >= 0.3 is 5.97 Å². The lowest BCUT2D eigenvalue weighted by Crippen LogP contribution is -2.30. The van der Waals surface area contributed by atoms with E-state index in [1.807, 2.05) is 36.1 Å². The number of esters is 1. The number of hydrogen-bond donors (Lipinski definition) is 0. The lowest BCUT2D eigenvalue weighted by Gasteiger charge is -2.23. The smallest absolute Gasteiger partial charge is 0.350 e. The first-order valence-corrected chi connectivity index (χ1v) is 8.17. The van der Waals surface area contributed by atoms with E-state index in [-0.39, 0.29) is 11.4 Å². The van der Waals surface area contributed by atoms with Gasteiger partial charge < -0.3 is 9.64 Å². The quantitative estimate of drug-likeness (QED) is 0.347. The number of ketones is 1. The molecule has 0 atom stereocenters. The SMILES string of the molecule is CCN1/C(=C2/C(=O)Oc3ccccc3C2=O)Sc2ccccc21. The van der Waals surface area contributed by atoms with E-state index in [4.69, 9.17) is 4.74 Å². The van der Waals surface area contributed by atoms with E-state index >= 15 is 0 Å². The van der Waals surface area contributed by atoms with Crippen molar-refractivity contribution >= 4 is 29.2 Å². The highest BCUT2D eigenvalue weighted by Gasteiger charge is 2.38. The van der Waals surface area contributed by atoms with Crippen LogP contribution >= 0.6 is 11.8 Å². The van der Waals surface area contributed by atoms with Crippen LogP contribution in [0.5, 0.6) is 5.75 Å². The van der Waals surface area contributed by atoms with Crippen LogP contribution in [0.4, 0.5) is 5.69 Å². The molecule has 114 valence electrons. The molecule has 23 heavy (non-hydrogen) atoms. The molecular formula is C18H13NO3S. The summed E-state index contributed by atoms with van der Waals surface area (Å²) in [6, 6.07) is 14.7. The van der Waals surface area contributed by atoms with E-state index < -0.39 is 5.97 Å². The maximum Gasteiger partial charge on any atom is 0.350 e. The van der Waals surface area contributed by atoms with Crippen molar-refractivity contribution in [1.82, 2.24) is 0 Å². The molecule has 0 N–H and O–H groups in total. The molecule has 0 fully saturated rings. The second kappa shape index (κ2) is 5.28. The second-order valence-electron chi connectivity index (χ2n) is 5.21. The number of rotatable bonds is 1. The topological polar surface area (TPSA) is 46.6 Å². The molecule has 0 aliphatic carbocycles. The van der Waals surface area contributed by atoms with Crippen LogP contribution in [0.25, 0.3) is 0 Å². The number of ether oxygens (including phenoxy) is 1. The highest BCUT2D eigenvalue weighted by atomic mass is 32.2. The Labute approximate surface area is 137 Å². The predicted molar refractivity (Wildman–Crippen MR) is 88.8 cm³/mol. The molecule has 4 nitrogen and oxygen atoms in total. The van der Waals surface area contributed by atoms with Crippen LogP contribution in [0, 0.1) is 0 Å². The second-order valence-corrected chi connectivity index (χ2v) is 6.24. The van der Waals surface area contributed by atoms with Gasteiger partial charge in [-0.15, -0.1) is 0 Å². The van der Waals surface area contributed by atoms with Gasteiger partial charge in [0.15, 0.2) is 0 Å². The van der Waals surface area contributed by atoms with Crippen LogP contribution in [0.2, 0.25) is 0 Å². The first-order chi connectivity index (χ1) is 11.2. The number of anilines is 1. The van der Waals surface area contributed by atoms with E-state index in [9.17, 15) is 9.59 Å². The van der Waals surface area contributed by atoms with Gasteiger partial charge in [0.25, 0.3) is 0 Å². The van der Waals surface area contributed by atoms with Gasteiger partial charge in [-0.3, -0.25) is 4.79 Å². The molecule has 5 heteroatoms. The maximum atomic E-state index is 12.8. The summed E-state index contributed by atoms with van der Waals surface area (Å²) < 4.78 is 5.36. The van der Waals surface area contributed by atoms with Crippen molar-refractivity contribution in [3.05, 3.63) is 64.7 Å². The summed E-state index contributed by atoms with van der Waals surface area (Å²) in [5.74, 6) is -0.525. The van der Waals surface area contributed by atoms with Crippen LogP contribution < -0.4 is 9.64 Å². The summed E-state index contributed by atoms with van der Waals surface area (Å²) in [5.41, 5.74) is 1.57. The van der Waals surface area contributed by atoms with E-state index in [0.29, 0.717) is 22.9 Å². The zero-order valence-corrected chi connectivity index (χ0v) is 13.2. The average Bonchev–Trinajstić information content (AvgIpc) is 2.93. The van der Waals surface area contributed by atoms with Gasteiger partial charge in [-0.1, -0.05) is 36.0 Å². The molecule has 0 bridgehead atoms. The number of para-hydroxylation sites is 2. The van der Waals surface area contributed by atoms with Crippen molar-refractivity contribution < 1.29 is 14.3 Å². The monoisotopic (exact) mass is 323 g/mol. The summed E-state index contributed by atoms with van der Waals surface area (Å²) >= 11 is 1.44. The number of nitrogens with zero attached hydrogens (tertiary/aromatic N) is 1. The fraction of sp³-hybridized carbons (Fsp3) is 0.111.